The molecular formula is C15H21Br2N. The fourth-order valence-electron chi connectivity index (χ4n) is 3.03. The van der Waals surface area contributed by atoms with Gasteiger partial charge >= 0.3 is 0 Å². The van der Waals surface area contributed by atoms with E-state index in [4.69, 9.17) is 0 Å². The highest BCUT2D eigenvalue weighted by Gasteiger charge is 2.33. The average molecular weight is 375 g/mol. The highest BCUT2D eigenvalue weighted by Crippen LogP contribution is 2.40. The van der Waals surface area contributed by atoms with Gasteiger partial charge in [-0.15, -0.1) is 0 Å². The number of alkyl halides is 1. The molecule has 0 bridgehead atoms. The number of hydrogen-bond donors (Lipinski definition) is 0. The number of halogens is 2. The van der Waals surface area contributed by atoms with E-state index in [9.17, 15) is 0 Å². The molecular weight excluding hydrogens is 354 g/mol. The lowest BCUT2D eigenvalue weighted by atomic mass is 9.88. The topological polar surface area (TPSA) is 3.24 Å². The van der Waals surface area contributed by atoms with Crippen molar-refractivity contribution in [2.45, 2.75) is 32.2 Å². The van der Waals surface area contributed by atoms with Crippen LogP contribution in [0.1, 0.15) is 31.2 Å². The summed E-state index contributed by atoms with van der Waals surface area (Å²) in [6, 6.07) is 8.62. The molecule has 1 aliphatic rings. The third kappa shape index (κ3) is 3.82. The number of hydrogen-bond acceptors (Lipinski definition) is 1. The van der Waals surface area contributed by atoms with Crippen molar-refractivity contribution in [3.63, 3.8) is 0 Å². The van der Waals surface area contributed by atoms with Gasteiger partial charge in [-0.3, -0.25) is 0 Å². The summed E-state index contributed by atoms with van der Waals surface area (Å²) in [7, 11) is 2.24. The van der Waals surface area contributed by atoms with Gasteiger partial charge in [-0.25, -0.2) is 0 Å². The Morgan fingerprint density at radius 2 is 2.00 bits per heavy atom. The van der Waals surface area contributed by atoms with E-state index in [2.05, 4.69) is 68.1 Å². The third-order valence-corrected chi connectivity index (χ3v) is 5.58. The minimum absolute atomic E-state index is 0.515. The van der Waals surface area contributed by atoms with Gasteiger partial charge in [0.1, 0.15) is 0 Å². The summed E-state index contributed by atoms with van der Waals surface area (Å²) in [6.07, 6.45) is 5.55. The smallest absolute Gasteiger partial charge is 0.0231 e. The van der Waals surface area contributed by atoms with Crippen molar-refractivity contribution in [2.75, 3.05) is 18.9 Å². The Morgan fingerprint density at radius 3 is 2.61 bits per heavy atom. The van der Waals surface area contributed by atoms with Gasteiger partial charge < -0.3 is 4.90 Å². The fraction of sp³-hybridized carbons (Fsp3) is 0.600. The minimum Gasteiger partial charge on any atom is -0.302 e. The van der Waals surface area contributed by atoms with E-state index in [0.29, 0.717) is 5.41 Å². The Hall–Kier alpha value is 0.140. The Kier molecular flexibility index (Phi) is 5.28. The van der Waals surface area contributed by atoms with Crippen molar-refractivity contribution in [2.24, 2.45) is 5.41 Å². The van der Waals surface area contributed by atoms with Gasteiger partial charge in [0.05, 0.1) is 0 Å². The molecule has 0 amide bonds. The van der Waals surface area contributed by atoms with Gasteiger partial charge in [-0.05, 0) is 43.0 Å². The van der Waals surface area contributed by atoms with Gasteiger partial charge in [0.2, 0.25) is 0 Å². The molecule has 0 unspecified atom stereocenters. The van der Waals surface area contributed by atoms with Crippen molar-refractivity contribution in [3.05, 3.63) is 34.3 Å². The molecule has 3 heteroatoms. The van der Waals surface area contributed by atoms with Gasteiger partial charge in [0, 0.05) is 22.9 Å². The summed E-state index contributed by atoms with van der Waals surface area (Å²) in [4.78, 5) is 2.47. The van der Waals surface area contributed by atoms with Gasteiger partial charge in [0.15, 0.2) is 0 Å². The van der Waals surface area contributed by atoms with Crippen molar-refractivity contribution in [1.29, 1.82) is 0 Å². The lowest BCUT2D eigenvalue weighted by Crippen LogP contribution is -2.34. The van der Waals surface area contributed by atoms with E-state index in [1.54, 1.807) is 0 Å². The molecule has 0 N–H and O–H groups in total. The standard InChI is InChI=1S/C15H21Br2N/c1-18(10-13-5-4-6-14(17)9-13)12-15(11-16)7-2-3-8-15/h4-6,9H,2-3,7-8,10-12H2,1H3. The van der Waals surface area contributed by atoms with Crippen LogP contribution in [0.5, 0.6) is 0 Å². The fourth-order valence-corrected chi connectivity index (χ4v) is 4.22. The van der Waals surface area contributed by atoms with Gasteiger partial charge in [-0.1, -0.05) is 56.8 Å². The zero-order chi connectivity index (χ0) is 13.0. The van der Waals surface area contributed by atoms with E-state index < -0.39 is 0 Å². The second-order valence-electron chi connectivity index (χ2n) is 5.64. The SMILES string of the molecule is CN(Cc1cccc(Br)c1)CC1(CBr)CCCC1. The molecule has 1 fully saturated rings. The first-order valence-electron chi connectivity index (χ1n) is 6.63. The summed E-state index contributed by atoms with van der Waals surface area (Å²) in [5, 5.41) is 1.14. The molecule has 2 rings (SSSR count). The van der Waals surface area contributed by atoms with E-state index >= 15 is 0 Å². The van der Waals surface area contributed by atoms with Crippen LogP contribution in [0.15, 0.2) is 28.7 Å². The zero-order valence-corrected chi connectivity index (χ0v) is 14.1. The first-order valence-corrected chi connectivity index (χ1v) is 8.54. The summed E-state index contributed by atoms with van der Waals surface area (Å²) < 4.78 is 1.17. The van der Waals surface area contributed by atoms with Crippen LogP contribution in [0, 0.1) is 5.41 Å². The van der Waals surface area contributed by atoms with E-state index in [0.717, 1.165) is 11.9 Å². The molecule has 0 aliphatic heterocycles. The zero-order valence-electron chi connectivity index (χ0n) is 11.0. The van der Waals surface area contributed by atoms with Crippen LogP contribution in [-0.2, 0) is 6.54 Å². The molecule has 1 aromatic rings. The largest absolute Gasteiger partial charge is 0.302 e. The predicted octanol–water partition coefficient (Wildman–Crippen LogP) is 4.84. The molecule has 0 heterocycles. The average Bonchev–Trinajstić information content (AvgIpc) is 2.78. The maximum Gasteiger partial charge on any atom is 0.0231 e. The normalized spacial score (nSPS) is 18.4. The molecule has 1 nitrogen and oxygen atoms in total. The minimum atomic E-state index is 0.515. The van der Waals surface area contributed by atoms with Crippen molar-refractivity contribution in [1.82, 2.24) is 4.90 Å². The first-order chi connectivity index (χ1) is 8.63. The second kappa shape index (κ2) is 6.53. The summed E-state index contributed by atoms with van der Waals surface area (Å²) in [6.45, 7) is 2.24. The lowest BCUT2D eigenvalue weighted by Gasteiger charge is -2.32. The van der Waals surface area contributed by atoms with Crippen LogP contribution in [-0.4, -0.2) is 23.8 Å². The maximum absolute atomic E-state index is 3.72. The Morgan fingerprint density at radius 1 is 1.28 bits per heavy atom. The lowest BCUT2D eigenvalue weighted by molar-refractivity contribution is 0.196. The maximum atomic E-state index is 3.72. The summed E-state index contributed by atoms with van der Waals surface area (Å²) in [5.41, 5.74) is 1.90. The highest BCUT2D eigenvalue weighted by molar-refractivity contribution is 9.10. The van der Waals surface area contributed by atoms with Crippen LogP contribution >= 0.6 is 31.9 Å². The van der Waals surface area contributed by atoms with Crippen LogP contribution in [0.25, 0.3) is 0 Å². The van der Waals surface area contributed by atoms with Crippen LogP contribution < -0.4 is 0 Å². The number of nitrogens with zero attached hydrogens (tertiary/aromatic N) is 1. The third-order valence-electron chi connectivity index (χ3n) is 3.89. The molecule has 1 saturated carbocycles. The predicted molar refractivity (Wildman–Crippen MR) is 85.2 cm³/mol. The molecule has 100 valence electrons. The molecule has 0 radical (unpaired) electrons. The van der Waals surface area contributed by atoms with E-state index in [1.807, 2.05) is 0 Å². The van der Waals surface area contributed by atoms with Gasteiger partial charge in [-0.2, -0.15) is 0 Å². The highest BCUT2D eigenvalue weighted by atomic mass is 79.9. The molecule has 18 heavy (non-hydrogen) atoms. The van der Waals surface area contributed by atoms with E-state index in [1.165, 1.54) is 42.3 Å². The molecule has 0 aromatic heterocycles. The molecule has 1 aromatic carbocycles. The summed E-state index contributed by atoms with van der Waals surface area (Å²) in [5.74, 6) is 0. The second-order valence-corrected chi connectivity index (χ2v) is 7.12. The molecule has 0 spiro atoms. The Labute approximate surface area is 127 Å². The van der Waals surface area contributed by atoms with Crippen LogP contribution in [0.2, 0.25) is 0 Å². The molecule has 1 aliphatic carbocycles. The molecule has 0 saturated heterocycles. The first kappa shape index (κ1) is 14.5. The van der Waals surface area contributed by atoms with Crippen molar-refractivity contribution >= 4 is 31.9 Å². The Bertz CT molecular complexity index is 386. The van der Waals surface area contributed by atoms with Gasteiger partial charge in [0.25, 0.3) is 0 Å². The number of rotatable bonds is 5. The quantitative estimate of drug-likeness (QED) is 0.666. The van der Waals surface area contributed by atoms with Crippen molar-refractivity contribution in [3.8, 4) is 0 Å². The monoisotopic (exact) mass is 373 g/mol. The van der Waals surface area contributed by atoms with Crippen molar-refractivity contribution < 1.29 is 0 Å². The Balaban J connectivity index is 1.93. The number of benzene rings is 1. The summed E-state index contributed by atoms with van der Waals surface area (Å²) >= 11 is 7.26. The van der Waals surface area contributed by atoms with E-state index in [-0.39, 0.29) is 0 Å². The van der Waals surface area contributed by atoms with Crippen LogP contribution in [0.3, 0.4) is 0 Å². The molecule has 0 atom stereocenters. The van der Waals surface area contributed by atoms with Crippen LogP contribution in [0.4, 0.5) is 0 Å².